The Morgan fingerprint density at radius 3 is 0.472 bits per heavy atom. The smallest absolute Gasteiger partial charge is 0.0970 e. The molecule has 0 heterocycles. The molecule has 0 atom stereocenters. The molecule has 0 unspecified atom stereocenters. The molecule has 0 aromatic heterocycles. The van der Waals surface area contributed by atoms with Gasteiger partial charge in [0.15, 0.2) is 0 Å². The molecule has 0 saturated carbocycles. The Labute approximate surface area is 464 Å². The normalized spacial score (nSPS) is 10.8. The van der Waals surface area contributed by atoms with Crippen LogP contribution < -0.4 is 42.4 Å². The van der Waals surface area contributed by atoms with Crippen molar-refractivity contribution < 1.29 is 33.0 Å². The van der Waals surface area contributed by atoms with Gasteiger partial charge in [-0.1, -0.05) is 182 Å². The van der Waals surface area contributed by atoms with Gasteiger partial charge in [0, 0.05) is 33.0 Å². The van der Waals surface area contributed by atoms with Crippen LogP contribution in [0.25, 0.3) is 0 Å². The van der Waals surface area contributed by atoms with E-state index in [0.717, 1.165) is 34.4 Å². The summed E-state index contributed by atoms with van der Waals surface area (Å²) >= 11 is 12.3. The first-order valence-corrected chi connectivity index (χ1v) is 31.7. The summed E-state index contributed by atoms with van der Waals surface area (Å²) < 4.78 is 0. The minimum atomic E-state index is -0.980. The van der Waals surface area contributed by atoms with Crippen LogP contribution in [0.15, 0.2) is 289 Å². The van der Waals surface area contributed by atoms with Crippen molar-refractivity contribution in [3.05, 3.63) is 301 Å². The monoisotopic (exact) mass is 1130 g/mol. The molecule has 10 aromatic carbocycles. The number of hydrogen-bond donors (Lipinski definition) is 0. The van der Waals surface area contributed by atoms with Crippen LogP contribution >= 0.6 is 31.7 Å². The standard InChI is InChI=1S/2C32H28P2S.2Ni/c2*35-32-26(24-33(28-16-5-1-6-17-28)29-18-7-2-8-19-29)14-13-15-27(32)25-34(30-20-9-3-10-21-30)31-22-11-4-12-23-31;;/h2*1-23,35H,24-25H2;;/p+2. The summed E-state index contributed by atoms with van der Waals surface area (Å²) in [6, 6.07) is 101. The first-order chi connectivity index (χ1) is 34.6. The third-order valence-corrected chi connectivity index (χ3v) is 25.0. The van der Waals surface area contributed by atoms with Crippen molar-refractivity contribution >= 4 is 99.4 Å². The van der Waals surface area contributed by atoms with Gasteiger partial charge in [-0.25, -0.2) is 0 Å². The molecule has 0 fully saturated rings. The van der Waals surface area contributed by atoms with Crippen molar-refractivity contribution in [3.8, 4) is 0 Å². The second-order valence-corrected chi connectivity index (χ2v) is 28.0. The first kappa shape index (κ1) is 55.1. The summed E-state index contributed by atoms with van der Waals surface area (Å²) in [5.74, 6) is 0. The molecule has 0 aliphatic heterocycles. The van der Waals surface area contributed by atoms with Gasteiger partial charge in [0.05, 0.1) is 98.8 Å². The summed E-state index contributed by atoms with van der Waals surface area (Å²) in [7, 11) is -3.92. The van der Waals surface area contributed by atoms with E-state index in [9.17, 15) is 0 Å². The van der Waals surface area contributed by atoms with Gasteiger partial charge in [0.2, 0.25) is 0 Å². The molecule has 0 aliphatic carbocycles. The largest absolute Gasteiger partial charge is 0.779 e. The van der Waals surface area contributed by atoms with Crippen LogP contribution in [0.5, 0.6) is 0 Å². The van der Waals surface area contributed by atoms with Crippen LogP contribution in [0.4, 0.5) is 0 Å². The molecule has 0 amide bonds. The van der Waals surface area contributed by atoms with E-state index in [1.807, 2.05) is 0 Å². The average molecular weight is 1130 g/mol. The molecule has 0 N–H and O–H groups in total. The molecule has 0 saturated heterocycles. The minimum Gasteiger partial charge on any atom is -0.779 e. The van der Waals surface area contributed by atoms with Crippen LogP contribution in [-0.4, -0.2) is 0 Å². The summed E-state index contributed by atoms with van der Waals surface area (Å²) in [5.41, 5.74) is 5.23. The minimum absolute atomic E-state index is 0. The van der Waals surface area contributed by atoms with E-state index in [1.54, 1.807) is 0 Å². The molecular weight excluding hydrogens is 1070 g/mol. The maximum absolute atomic E-state index is 6.16. The Morgan fingerprint density at radius 2 is 0.333 bits per heavy atom. The van der Waals surface area contributed by atoms with Crippen LogP contribution in [0.3, 0.4) is 0 Å². The van der Waals surface area contributed by atoms with Gasteiger partial charge in [0.1, 0.15) is 0 Å². The molecule has 0 nitrogen and oxygen atoms in total. The molecule has 0 aliphatic rings. The molecule has 0 spiro atoms. The third-order valence-electron chi connectivity index (χ3n) is 12.8. The van der Waals surface area contributed by atoms with E-state index in [2.05, 4.69) is 279 Å². The summed E-state index contributed by atoms with van der Waals surface area (Å²) in [6.07, 6.45) is 4.02. The molecule has 8 heteroatoms. The molecular formula is C64H58Ni2P4S2+2. The van der Waals surface area contributed by atoms with E-state index in [-0.39, 0.29) is 33.0 Å². The number of hydrogen-bond acceptors (Lipinski definition) is 2. The van der Waals surface area contributed by atoms with Crippen LogP contribution in [0.1, 0.15) is 22.3 Å². The topological polar surface area (TPSA) is 0 Å². The maximum atomic E-state index is 6.16. The zero-order valence-electron chi connectivity index (χ0n) is 39.8. The predicted octanol–water partition coefficient (Wildman–Crippen LogP) is 12.6. The third kappa shape index (κ3) is 14.8. The predicted molar refractivity (Wildman–Crippen MR) is 321 cm³/mol. The Morgan fingerprint density at radius 1 is 0.194 bits per heavy atom. The van der Waals surface area contributed by atoms with Crippen molar-refractivity contribution in [1.29, 1.82) is 0 Å². The Hall–Kier alpha value is -4.65. The van der Waals surface area contributed by atoms with E-state index in [0.29, 0.717) is 0 Å². The van der Waals surface area contributed by atoms with Gasteiger partial charge in [-0.05, 0) is 119 Å². The fraction of sp³-hybridized carbons (Fsp3) is 0.0625. The number of benzene rings is 10. The Bertz CT molecular complexity index is 2540. The molecule has 0 radical (unpaired) electrons. The fourth-order valence-electron chi connectivity index (χ4n) is 9.19. The summed E-state index contributed by atoms with van der Waals surface area (Å²) in [5, 5.41) is 11.5. The second kappa shape index (κ2) is 28.7. The first-order valence-electron chi connectivity index (χ1n) is 24.0. The molecule has 10 aromatic rings. The van der Waals surface area contributed by atoms with E-state index >= 15 is 0 Å². The summed E-state index contributed by atoms with van der Waals surface area (Å²) in [6.45, 7) is 0. The molecule has 364 valence electrons. The van der Waals surface area contributed by atoms with Crippen LogP contribution in [0, 0.1) is 0 Å². The quantitative estimate of drug-likeness (QED) is 0.0537. The Balaban J connectivity index is 0.000000206. The van der Waals surface area contributed by atoms with Crippen molar-refractivity contribution in [2.24, 2.45) is 0 Å². The number of rotatable bonds is 16. The van der Waals surface area contributed by atoms with Crippen LogP contribution in [-0.2, 0) is 82.9 Å². The van der Waals surface area contributed by atoms with E-state index in [1.165, 1.54) is 64.7 Å². The SMILES string of the molecule is [Ni].[Ni].[S-]c1c(C[PH+](c2ccccc2)c2ccccc2)cccc1C[PH+](c1ccccc1)c1ccccc1.[S-]c1c(C[PH+](c2ccccc2)c2ccccc2)cccc1C[PH+](c1ccccc1)c1ccccc1. The Kier molecular flexibility index (Phi) is 22.0. The summed E-state index contributed by atoms with van der Waals surface area (Å²) in [4.78, 5) is 2.10. The van der Waals surface area contributed by atoms with Crippen molar-refractivity contribution in [2.45, 2.75) is 34.4 Å². The van der Waals surface area contributed by atoms with Crippen molar-refractivity contribution in [3.63, 3.8) is 0 Å². The molecule has 72 heavy (non-hydrogen) atoms. The van der Waals surface area contributed by atoms with Crippen molar-refractivity contribution in [2.75, 3.05) is 0 Å². The van der Waals surface area contributed by atoms with E-state index < -0.39 is 31.7 Å². The molecule has 10 rings (SSSR count). The van der Waals surface area contributed by atoms with E-state index in [4.69, 9.17) is 25.3 Å². The van der Waals surface area contributed by atoms with Crippen LogP contribution in [0.2, 0.25) is 0 Å². The van der Waals surface area contributed by atoms with Gasteiger partial charge < -0.3 is 25.3 Å². The zero-order valence-corrected chi connectivity index (χ0v) is 47.4. The zero-order chi connectivity index (χ0) is 47.7. The van der Waals surface area contributed by atoms with Gasteiger partial charge in [-0.3, -0.25) is 0 Å². The van der Waals surface area contributed by atoms with Gasteiger partial charge in [-0.2, -0.15) is 9.79 Å². The van der Waals surface area contributed by atoms with Crippen molar-refractivity contribution in [1.82, 2.24) is 0 Å². The van der Waals surface area contributed by atoms with Gasteiger partial charge in [0.25, 0.3) is 0 Å². The van der Waals surface area contributed by atoms with Gasteiger partial charge in [-0.15, -0.1) is 0 Å². The molecule has 0 bridgehead atoms. The second-order valence-electron chi connectivity index (χ2n) is 17.4. The van der Waals surface area contributed by atoms with Gasteiger partial charge >= 0.3 is 0 Å². The fourth-order valence-corrected chi connectivity index (χ4v) is 20.7. The average Bonchev–Trinajstić information content (AvgIpc) is 3.44. The maximum Gasteiger partial charge on any atom is 0.0970 e.